The van der Waals surface area contributed by atoms with Gasteiger partial charge in [-0.1, -0.05) is 30.8 Å². The highest BCUT2D eigenvalue weighted by Gasteiger charge is 2.16. The minimum Gasteiger partial charge on any atom is -0.286 e. The van der Waals surface area contributed by atoms with Crippen LogP contribution < -0.4 is 0 Å². The molecule has 5 heteroatoms. The van der Waals surface area contributed by atoms with E-state index < -0.39 is 0 Å². The van der Waals surface area contributed by atoms with Crippen molar-refractivity contribution in [2.45, 2.75) is 18.4 Å². The van der Waals surface area contributed by atoms with E-state index in [1.165, 1.54) is 11.8 Å². The van der Waals surface area contributed by atoms with E-state index in [-0.39, 0.29) is 0 Å². The number of rotatable bonds is 3. The zero-order valence-corrected chi connectivity index (χ0v) is 12.3. The molecule has 3 rings (SSSR count). The Morgan fingerprint density at radius 3 is 2.81 bits per heavy atom. The second-order valence-corrected chi connectivity index (χ2v) is 5.55. The number of para-hydroxylation sites is 2. The lowest BCUT2D eigenvalue weighted by atomic mass is 10.1. The Kier molecular flexibility index (Phi) is 3.51. The first-order chi connectivity index (χ1) is 10.3. The van der Waals surface area contributed by atoms with Crippen LogP contribution in [0.15, 0.2) is 35.4 Å². The van der Waals surface area contributed by atoms with Crippen molar-refractivity contribution in [3.8, 4) is 12.1 Å². The van der Waals surface area contributed by atoms with Crippen molar-refractivity contribution in [1.29, 1.82) is 10.5 Å². The topological polar surface area (TPSA) is 64.9 Å². The molecule has 0 amide bonds. The van der Waals surface area contributed by atoms with Gasteiger partial charge < -0.3 is 0 Å². The highest BCUT2D eigenvalue weighted by Crippen LogP contribution is 2.29. The summed E-state index contributed by atoms with van der Waals surface area (Å²) in [6.07, 6.45) is 0.767. The van der Waals surface area contributed by atoms with Crippen LogP contribution in [0.4, 0.5) is 0 Å². The maximum Gasteiger partial charge on any atom is 0.157 e. The lowest BCUT2D eigenvalue weighted by Gasteiger charge is -2.09. The van der Waals surface area contributed by atoms with Crippen LogP contribution in [0.25, 0.3) is 16.7 Å². The number of pyridine rings is 1. The molecule has 2 heterocycles. The van der Waals surface area contributed by atoms with Gasteiger partial charge in [0.15, 0.2) is 5.65 Å². The minimum atomic E-state index is 0.372. The first kappa shape index (κ1) is 13.5. The number of aromatic nitrogens is 2. The van der Waals surface area contributed by atoms with Gasteiger partial charge in [0, 0.05) is 0 Å². The van der Waals surface area contributed by atoms with Crippen LogP contribution in [-0.2, 0) is 6.42 Å². The van der Waals surface area contributed by atoms with Crippen LogP contribution in [0.2, 0.25) is 0 Å². The summed E-state index contributed by atoms with van der Waals surface area (Å²) in [6, 6.07) is 14.2. The predicted molar refractivity (Wildman–Crippen MR) is 83.1 cm³/mol. The molecule has 0 fully saturated rings. The van der Waals surface area contributed by atoms with Crippen LogP contribution in [0.1, 0.15) is 18.1 Å². The molecule has 2 aromatic heterocycles. The van der Waals surface area contributed by atoms with Gasteiger partial charge in [0.25, 0.3) is 0 Å². The summed E-state index contributed by atoms with van der Waals surface area (Å²) in [5.41, 5.74) is 4.10. The molecule has 0 radical (unpaired) electrons. The van der Waals surface area contributed by atoms with Gasteiger partial charge in [0.2, 0.25) is 0 Å². The number of aryl methyl sites for hydroxylation is 1. The zero-order chi connectivity index (χ0) is 14.8. The molecular formula is C16H12N4S. The third-order valence-electron chi connectivity index (χ3n) is 3.40. The fourth-order valence-corrected chi connectivity index (χ4v) is 3.21. The van der Waals surface area contributed by atoms with Crippen molar-refractivity contribution >= 4 is 28.4 Å². The smallest absolute Gasteiger partial charge is 0.157 e. The standard InChI is InChI=1S/C16H12N4S/c1-2-11-9-15(21-8-7-17)20-14-6-4-3-5-13(14)19-16(20)12(11)10-18/h3-6,9H,2,8H2,1H3. The summed E-state index contributed by atoms with van der Waals surface area (Å²) in [7, 11) is 0. The molecule has 21 heavy (non-hydrogen) atoms. The van der Waals surface area contributed by atoms with E-state index in [0.717, 1.165) is 28.0 Å². The Labute approximate surface area is 126 Å². The third-order valence-corrected chi connectivity index (χ3v) is 4.27. The van der Waals surface area contributed by atoms with Gasteiger partial charge >= 0.3 is 0 Å². The first-order valence-corrected chi connectivity index (χ1v) is 7.61. The number of nitriles is 2. The molecule has 102 valence electrons. The molecule has 3 aromatic rings. The number of imidazole rings is 1. The Bertz CT molecular complexity index is 912. The van der Waals surface area contributed by atoms with Crippen LogP contribution in [-0.4, -0.2) is 15.1 Å². The summed E-state index contributed by atoms with van der Waals surface area (Å²) in [5.74, 6) is 0.372. The molecule has 0 spiro atoms. The molecule has 0 unspecified atom stereocenters. The van der Waals surface area contributed by atoms with Gasteiger partial charge in [-0.3, -0.25) is 4.40 Å². The van der Waals surface area contributed by atoms with Crippen LogP contribution >= 0.6 is 11.8 Å². The molecule has 1 aromatic carbocycles. The lowest BCUT2D eigenvalue weighted by molar-refractivity contribution is 1.01. The summed E-state index contributed by atoms with van der Waals surface area (Å²) in [4.78, 5) is 4.61. The van der Waals surface area contributed by atoms with Crippen molar-refractivity contribution in [3.63, 3.8) is 0 Å². The van der Waals surface area contributed by atoms with E-state index in [9.17, 15) is 5.26 Å². The van der Waals surface area contributed by atoms with Crippen LogP contribution in [0.3, 0.4) is 0 Å². The number of hydrogen-bond acceptors (Lipinski definition) is 4. The molecule has 0 N–H and O–H groups in total. The largest absolute Gasteiger partial charge is 0.286 e. The predicted octanol–water partition coefficient (Wildman–Crippen LogP) is 3.54. The van der Waals surface area contributed by atoms with Gasteiger partial charge in [-0.05, 0) is 30.2 Å². The quantitative estimate of drug-likeness (QED) is 0.693. The van der Waals surface area contributed by atoms with E-state index in [1.807, 2.05) is 41.7 Å². The number of nitrogens with zero attached hydrogens (tertiary/aromatic N) is 4. The SMILES string of the molecule is CCc1cc(SCC#N)n2c(nc3ccccc32)c1C#N. The van der Waals surface area contributed by atoms with Crippen molar-refractivity contribution in [2.75, 3.05) is 5.75 Å². The average molecular weight is 292 g/mol. The third kappa shape index (κ3) is 2.12. The highest BCUT2D eigenvalue weighted by molar-refractivity contribution is 7.99. The van der Waals surface area contributed by atoms with Gasteiger partial charge in [-0.2, -0.15) is 10.5 Å². The summed E-state index contributed by atoms with van der Waals surface area (Å²) < 4.78 is 1.98. The first-order valence-electron chi connectivity index (χ1n) is 6.63. The second kappa shape index (κ2) is 5.47. The van der Waals surface area contributed by atoms with E-state index in [0.29, 0.717) is 17.0 Å². The molecule has 0 atom stereocenters. The number of fused-ring (bicyclic) bond motifs is 3. The second-order valence-electron chi connectivity index (χ2n) is 4.55. The number of benzene rings is 1. The molecule has 0 saturated heterocycles. The monoisotopic (exact) mass is 292 g/mol. The molecule has 0 aliphatic rings. The highest BCUT2D eigenvalue weighted by atomic mass is 32.2. The Morgan fingerprint density at radius 2 is 2.10 bits per heavy atom. The molecule has 0 saturated carbocycles. The summed E-state index contributed by atoms with van der Waals surface area (Å²) in [5, 5.41) is 19.3. The summed E-state index contributed by atoms with van der Waals surface area (Å²) in [6.45, 7) is 2.02. The Morgan fingerprint density at radius 1 is 1.29 bits per heavy atom. The molecular weight excluding hydrogens is 280 g/mol. The molecule has 0 aliphatic carbocycles. The van der Waals surface area contributed by atoms with Crippen molar-refractivity contribution < 1.29 is 0 Å². The lowest BCUT2D eigenvalue weighted by Crippen LogP contribution is -1.99. The fraction of sp³-hybridized carbons (Fsp3) is 0.188. The van der Waals surface area contributed by atoms with Gasteiger partial charge in [0.1, 0.15) is 6.07 Å². The molecule has 4 nitrogen and oxygen atoms in total. The van der Waals surface area contributed by atoms with Gasteiger partial charge in [-0.15, -0.1) is 0 Å². The van der Waals surface area contributed by atoms with Gasteiger partial charge in [-0.25, -0.2) is 4.98 Å². The van der Waals surface area contributed by atoms with Crippen molar-refractivity contribution in [2.24, 2.45) is 0 Å². The normalized spacial score (nSPS) is 10.6. The van der Waals surface area contributed by atoms with Crippen LogP contribution in [0, 0.1) is 22.7 Å². The van der Waals surface area contributed by atoms with Crippen molar-refractivity contribution in [1.82, 2.24) is 9.38 Å². The maximum atomic E-state index is 9.48. The van der Waals surface area contributed by atoms with Gasteiger partial charge in [0.05, 0.1) is 33.4 Å². The molecule has 0 bridgehead atoms. The maximum absolute atomic E-state index is 9.48. The van der Waals surface area contributed by atoms with E-state index in [2.05, 4.69) is 17.1 Å². The summed E-state index contributed by atoms with van der Waals surface area (Å²) >= 11 is 1.47. The van der Waals surface area contributed by atoms with Crippen molar-refractivity contribution in [3.05, 3.63) is 41.5 Å². The Balaban J connectivity index is 2.44. The average Bonchev–Trinajstić information content (AvgIpc) is 2.91. The van der Waals surface area contributed by atoms with E-state index in [4.69, 9.17) is 5.26 Å². The molecule has 0 aliphatic heterocycles. The fourth-order valence-electron chi connectivity index (χ4n) is 2.46. The Hall–Kier alpha value is -2.50. The van der Waals surface area contributed by atoms with E-state index >= 15 is 0 Å². The number of thioether (sulfide) groups is 1. The van der Waals surface area contributed by atoms with E-state index in [1.54, 1.807) is 0 Å². The van der Waals surface area contributed by atoms with Crippen LogP contribution in [0.5, 0.6) is 0 Å². The zero-order valence-electron chi connectivity index (χ0n) is 11.5. The number of hydrogen-bond donors (Lipinski definition) is 0. The minimum absolute atomic E-state index is 0.372.